The lowest BCUT2D eigenvalue weighted by molar-refractivity contribution is -0.165. The van der Waals surface area contributed by atoms with E-state index in [-0.39, 0.29) is 18.0 Å². The number of carbonyl (C=O) groups is 1. The van der Waals surface area contributed by atoms with Gasteiger partial charge in [0.25, 0.3) is 0 Å². The molecule has 14 heavy (non-hydrogen) atoms. The second-order valence-electron chi connectivity index (χ2n) is 3.30. The van der Waals surface area contributed by atoms with Crippen LogP contribution in [0.4, 0.5) is 0 Å². The summed E-state index contributed by atoms with van der Waals surface area (Å²) in [6.45, 7) is 3.78. The summed E-state index contributed by atoms with van der Waals surface area (Å²) in [5.74, 6) is 0.156. The number of hydrogen-bond acceptors (Lipinski definition) is 4. The smallest absolute Gasteiger partial charge is 0.166 e. The standard InChI is InChI=1S/C10H18O4/c1-3-13-10-8(11)7-9(10)14-6-4-5-12-2/h9-10H,3-7H2,1-2H3. The van der Waals surface area contributed by atoms with Gasteiger partial charge in [-0.3, -0.25) is 4.79 Å². The van der Waals surface area contributed by atoms with Crippen molar-refractivity contribution < 1.29 is 19.0 Å². The van der Waals surface area contributed by atoms with E-state index in [9.17, 15) is 4.79 Å². The second-order valence-corrected chi connectivity index (χ2v) is 3.30. The number of hydrogen-bond donors (Lipinski definition) is 0. The monoisotopic (exact) mass is 202 g/mol. The zero-order valence-corrected chi connectivity index (χ0v) is 8.82. The van der Waals surface area contributed by atoms with Crippen molar-refractivity contribution in [3.8, 4) is 0 Å². The van der Waals surface area contributed by atoms with Crippen LogP contribution in [0.1, 0.15) is 19.8 Å². The van der Waals surface area contributed by atoms with Crippen molar-refractivity contribution in [3.63, 3.8) is 0 Å². The molecule has 1 rings (SSSR count). The van der Waals surface area contributed by atoms with Crippen LogP contribution in [0.5, 0.6) is 0 Å². The van der Waals surface area contributed by atoms with Gasteiger partial charge in [-0.25, -0.2) is 0 Å². The molecule has 0 heterocycles. The Morgan fingerprint density at radius 2 is 2.14 bits per heavy atom. The van der Waals surface area contributed by atoms with Gasteiger partial charge in [0, 0.05) is 33.4 Å². The third-order valence-corrected chi connectivity index (χ3v) is 2.23. The van der Waals surface area contributed by atoms with Crippen LogP contribution in [0, 0.1) is 0 Å². The molecule has 1 aliphatic rings. The van der Waals surface area contributed by atoms with Crippen molar-refractivity contribution >= 4 is 5.78 Å². The number of Topliss-reactive ketones (excluding diaryl/α,β-unsaturated/α-hetero) is 1. The van der Waals surface area contributed by atoms with Crippen LogP contribution in [0.25, 0.3) is 0 Å². The van der Waals surface area contributed by atoms with Gasteiger partial charge in [0.05, 0.1) is 6.10 Å². The first-order valence-electron chi connectivity index (χ1n) is 5.04. The summed E-state index contributed by atoms with van der Waals surface area (Å²) in [7, 11) is 1.66. The summed E-state index contributed by atoms with van der Waals surface area (Å²) in [5.41, 5.74) is 0. The molecule has 0 saturated heterocycles. The second kappa shape index (κ2) is 6.11. The molecule has 4 heteroatoms. The molecule has 0 aromatic carbocycles. The number of methoxy groups -OCH3 is 1. The Hall–Kier alpha value is -0.450. The zero-order valence-electron chi connectivity index (χ0n) is 8.82. The van der Waals surface area contributed by atoms with Crippen LogP contribution in [0.15, 0.2) is 0 Å². The third-order valence-electron chi connectivity index (χ3n) is 2.23. The predicted octanol–water partition coefficient (Wildman–Crippen LogP) is 0.786. The van der Waals surface area contributed by atoms with Gasteiger partial charge >= 0.3 is 0 Å². The molecule has 0 spiro atoms. The van der Waals surface area contributed by atoms with E-state index in [4.69, 9.17) is 14.2 Å². The molecule has 0 N–H and O–H groups in total. The summed E-state index contributed by atoms with van der Waals surface area (Å²) in [6, 6.07) is 0. The topological polar surface area (TPSA) is 44.8 Å². The molecule has 0 radical (unpaired) electrons. The molecule has 1 aliphatic carbocycles. The van der Waals surface area contributed by atoms with Gasteiger partial charge in [-0.05, 0) is 13.3 Å². The fourth-order valence-corrected chi connectivity index (χ4v) is 1.43. The Balaban J connectivity index is 2.09. The largest absolute Gasteiger partial charge is 0.385 e. The average Bonchev–Trinajstić information content (AvgIpc) is 2.19. The average molecular weight is 202 g/mol. The SMILES string of the molecule is CCOC1C(=O)CC1OCCCOC. The summed E-state index contributed by atoms with van der Waals surface area (Å²) in [4.78, 5) is 11.1. The molecule has 0 bridgehead atoms. The predicted molar refractivity (Wildman–Crippen MR) is 51.3 cm³/mol. The van der Waals surface area contributed by atoms with E-state index in [0.717, 1.165) is 6.42 Å². The first-order chi connectivity index (χ1) is 6.79. The maximum atomic E-state index is 11.1. The van der Waals surface area contributed by atoms with Gasteiger partial charge in [0.2, 0.25) is 0 Å². The van der Waals surface area contributed by atoms with Gasteiger partial charge in [-0.2, -0.15) is 0 Å². The van der Waals surface area contributed by atoms with E-state index in [1.54, 1.807) is 7.11 Å². The number of rotatable bonds is 7. The fraction of sp³-hybridized carbons (Fsp3) is 0.900. The van der Waals surface area contributed by atoms with Gasteiger partial charge < -0.3 is 14.2 Å². The maximum Gasteiger partial charge on any atom is 0.166 e. The lowest BCUT2D eigenvalue weighted by atomic mass is 9.90. The highest BCUT2D eigenvalue weighted by atomic mass is 16.5. The Labute approximate surface area is 84.5 Å². The Morgan fingerprint density at radius 3 is 2.71 bits per heavy atom. The lowest BCUT2D eigenvalue weighted by Gasteiger charge is -2.34. The van der Waals surface area contributed by atoms with Gasteiger partial charge in [-0.1, -0.05) is 0 Å². The summed E-state index contributed by atoms with van der Waals surface area (Å²) >= 11 is 0. The van der Waals surface area contributed by atoms with Crippen LogP contribution in [-0.2, 0) is 19.0 Å². The lowest BCUT2D eigenvalue weighted by Crippen LogP contribution is -2.50. The minimum atomic E-state index is -0.317. The molecule has 1 saturated carbocycles. The summed E-state index contributed by atoms with van der Waals surface area (Å²) in [6.07, 6.45) is 1.01. The highest BCUT2D eigenvalue weighted by Gasteiger charge is 2.41. The van der Waals surface area contributed by atoms with Crippen molar-refractivity contribution in [1.82, 2.24) is 0 Å². The summed E-state index contributed by atoms with van der Waals surface area (Å²) in [5, 5.41) is 0. The number of carbonyl (C=O) groups excluding carboxylic acids is 1. The zero-order chi connectivity index (χ0) is 10.4. The molecule has 4 nitrogen and oxygen atoms in total. The quantitative estimate of drug-likeness (QED) is 0.572. The highest BCUT2D eigenvalue weighted by Crippen LogP contribution is 2.22. The van der Waals surface area contributed by atoms with Crippen molar-refractivity contribution in [2.45, 2.75) is 32.0 Å². The van der Waals surface area contributed by atoms with Crippen LogP contribution in [-0.4, -0.2) is 44.9 Å². The number of ketones is 1. The summed E-state index contributed by atoms with van der Waals surface area (Å²) < 4.78 is 15.6. The minimum Gasteiger partial charge on any atom is -0.385 e. The first kappa shape index (κ1) is 11.6. The Bertz CT molecular complexity index is 181. The molecule has 2 unspecified atom stereocenters. The first-order valence-corrected chi connectivity index (χ1v) is 5.04. The van der Waals surface area contributed by atoms with Crippen molar-refractivity contribution in [1.29, 1.82) is 0 Å². The maximum absolute atomic E-state index is 11.1. The van der Waals surface area contributed by atoms with Crippen molar-refractivity contribution in [2.24, 2.45) is 0 Å². The third kappa shape index (κ3) is 3.04. The Kier molecular flexibility index (Phi) is 5.07. The van der Waals surface area contributed by atoms with Crippen LogP contribution in [0.2, 0.25) is 0 Å². The van der Waals surface area contributed by atoms with E-state index in [0.29, 0.717) is 26.2 Å². The van der Waals surface area contributed by atoms with Gasteiger partial charge in [0.1, 0.15) is 6.10 Å². The van der Waals surface area contributed by atoms with Crippen LogP contribution >= 0.6 is 0 Å². The molecular formula is C10H18O4. The van der Waals surface area contributed by atoms with E-state index in [1.807, 2.05) is 6.92 Å². The normalized spacial score (nSPS) is 26.3. The molecule has 1 fully saturated rings. The molecule has 0 aliphatic heterocycles. The molecule has 0 amide bonds. The molecule has 82 valence electrons. The van der Waals surface area contributed by atoms with E-state index in [2.05, 4.69) is 0 Å². The fourth-order valence-electron chi connectivity index (χ4n) is 1.43. The molecular weight excluding hydrogens is 184 g/mol. The highest BCUT2D eigenvalue weighted by molar-refractivity contribution is 5.90. The Morgan fingerprint density at radius 1 is 1.36 bits per heavy atom. The van der Waals surface area contributed by atoms with Crippen LogP contribution in [0.3, 0.4) is 0 Å². The van der Waals surface area contributed by atoms with E-state index < -0.39 is 0 Å². The van der Waals surface area contributed by atoms with Gasteiger partial charge in [0.15, 0.2) is 5.78 Å². The van der Waals surface area contributed by atoms with Crippen molar-refractivity contribution in [3.05, 3.63) is 0 Å². The molecule has 0 aromatic rings. The van der Waals surface area contributed by atoms with Gasteiger partial charge in [-0.15, -0.1) is 0 Å². The molecule has 2 atom stereocenters. The molecule has 0 aromatic heterocycles. The van der Waals surface area contributed by atoms with E-state index >= 15 is 0 Å². The van der Waals surface area contributed by atoms with E-state index in [1.165, 1.54) is 0 Å². The minimum absolute atomic E-state index is 0.0284. The number of ether oxygens (including phenoxy) is 3. The van der Waals surface area contributed by atoms with Crippen LogP contribution < -0.4 is 0 Å². The van der Waals surface area contributed by atoms with Crippen molar-refractivity contribution in [2.75, 3.05) is 26.9 Å².